The minimum absolute atomic E-state index is 0.109. The van der Waals surface area contributed by atoms with Crippen molar-refractivity contribution in [2.45, 2.75) is 46.2 Å². The number of nitrogens with zero attached hydrogens (tertiary/aromatic N) is 2. The van der Waals surface area contributed by atoms with Crippen LogP contribution in [0.25, 0.3) is 0 Å². The smallest absolute Gasteiger partial charge is 0.244 e. The van der Waals surface area contributed by atoms with Crippen molar-refractivity contribution in [1.82, 2.24) is 10.2 Å². The van der Waals surface area contributed by atoms with Gasteiger partial charge in [-0.05, 0) is 55.2 Å². The van der Waals surface area contributed by atoms with Gasteiger partial charge in [0.05, 0.1) is 11.9 Å². The number of carbonyl (C=O) groups excluding carboxylic acids is 2. The first-order valence-electron chi connectivity index (χ1n) is 12.9. The Morgan fingerprint density at radius 3 is 2.21 bits per heavy atom. The summed E-state index contributed by atoms with van der Waals surface area (Å²) in [6.07, 6.45) is 2.10. The molecule has 0 saturated heterocycles. The van der Waals surface area contributed by atoms with Crippen LogP contribution in [0, 0.1) is 13.8 Å². The molecule has 9 heteroatoms. The second kappa shape index (κ2) is 13.6. The lowest BCUT2D eigenvalue weighted by atomic mass is 10.0. The highest BCUT2D eigenvalue weighted by Crippen LogP contribution is 2.25. The second-order valence-corrected chi connectivity index (χ2v) is 12.0. The van der Waals surface area contributed by atoms with Crippen LogP contribution in [0.15, 0.2) is 72.8 Å². The standard InChI is InChI=1S/C30H36ClN3O4S/c1-5-17-32-30(36)28(19-24-9-7-6-8-10-24)33(20-25-12-14-26(31)15-13-25)29(35)21-34(39(4,37)38)27-16-11-22(2)18-23(27)3/h6-16,18,28H,5,17,19-21H2,1-4H3,(H,32,36). The highest BCUT2D eigenvalue weighted by atomic mass is 35.5. The third-order valence-corrected chi connectivity index (χ3v) is 7.77. The van der Waals surface area contributed by atoms with E-state index < -0.39 is 28.5 Å². The van der Waals surface area contributed by atoms with E-state index in [0.717, 1.165) is 39.2 Å². The maximum atomic E-state index is 14.0. The average molecular weight is 570 g/mol. The number of benzene rings is 3. The highest BCUT2D eigenvalue weighted by molar-refractivity contribution is 7.92. The minimum Gasteiger partial charge on any atom is -0.354 e. The molecule has 0 aliphatic heterocycles. The van der Waals surface area contributed by atoms with Gasteiger partial charge >= 0.3 is 0 Å². The first-order valence-corrected chi connectivity index (χ1v) is 15.1. The van der Waals surface area contributed by atoms with Crippen LogP contribution in [0.3, 0.4) is 0 Å². The summed E-state index contributed by atoms with van der Waals surface area (Å²) >= 11 is 6.08. The van der Waals surface area contributed by atoms with Gasteiger partial charge in [-0.15, -0.1) is 0 Å². The minimum atomic E-state index is -3.81. The predicted molar refractivity (Wildman–Crippen MR) is 157 cm³/mol. The molecule has 3 aromatic carbocycles. The van der Waals surface area contributed by atoms with E-state index in [1.165, 1.54) is 4.90 Å². The van der Waals surface area contributed by atoms with Gasteiger partial charge in [0.25, 0.3) is 0 Å². The number of carbonyl (C=O) groups is 2. The summed E-state index contributed by atoms with van der Waals surface area (Å²) in [5, 5.41) is 3.48. The summed E-state index contributed by atoms with van der Waals surface area (Å²) in [6.45, 7) is 5.82. The number of nitrogens with one attached hydrogen (secondary N) is 1. The third kappa shape index (κ3) is 8.57. The normalized spacial score (nSPS) is 12.0. The maximum Gasteiger partial charge on any atom is 0.244 e. The van der Waals surface area contributed by atoms with Crippen LogP contribution in [0.5, 0.6) is 0 Å². The van der Waals surface area contributed by atoms with Crippen molar-refractivity contribution in [3.63, 3.8) is 0 Å². The van der Waals surface area contributed by atoms with Crippen LogP contribution in [-0.2, 0) is 32.6 Å². The Kier molecular flexibility index (Phi) is 10.5. The van der Waals surface area contributed by atoms with Gasteiger partial charge in [-0.2, -0.15) is 0 Å². The van der Waals surface area contributed by atoms with Gasteiger partial charge in [-0.1, -0.05) is 78.7 Å². The van der Waals surface area contributed by atoms with E-state index in [1.54, 1.807) is 30.3 Å². The van der Waals surface area contributed by atoms with Crippen molar-refractivity contribution in [3.05, 3.63) is 100 Å². The Hall–Kier alpha value is -3.36. The van der Waals surface area contributed by atoms with Crippen LogP contribution < -0.4 is 9.62 Å². The fourth-order valence-electron chi connectivity index (χ4n) is 4.39. The molecule has 0 saturated carbocycles. The number of rotatable bonds is 12. The van der Waals surface area contributed by atoms with E-state index in [2.05, 4.69) is 5.32 Å². The number of amides is 2. The van der Waals surface area contributed by atoms with Crippen molar-refractivity contribution < 1.29 is 18.0 Å². The fourth-order valence-corrected chi connectivity index (χ4v) is 5.42. The summed E-state index contributed by atoms with van der Waals surface area (Å²) in [7, 11) is -3.81. The zero-order valence-electron chi connectivity index (χ0n) is 22.9. The van der Waals surface area contributed by atoms with Gasteiger partial charge < -0.3 is 10.2 Å². The van der Waals surface area contributed by atoms with Gasteiger partial charge in [0.2, 0.25) is 21.8 Å². The molecule has 0 heterocycles. The lowest BCUT2D eigenvalue weighted by Crippen LogP contribution is -2.53. The van der Waals surface area contributed by atoms with Crippen molar-refractivity contribution in [1.29, 1.82) is 0 Å². The predicted octanol–water partition coefficient (Wildman–Crippen LogP) is 4.89. The number of anilines is 1. The number of sulfonamides is 1. The van der Waals surface area contributed by atoms with Gasteiger partial charge in [0, 0.05) is 24.5 Å². The summed E-state index contributed by atoms with van der Waals surface area (Å²) in [5.41, 5.74) is 3.80. The highest BCUT2D eigenvalue weighted by Gasteiger charge is 2.33. The molecule has 1 unspecified atom stereocenters. The Bertz CT molecular complexity index is 1380. The molecule has 39 heavy (non-hydrogen) atoms. The average Bonchev–Trinajstić information content (AvgIpc) is 2.89. The van der Waals surface area contributed by atoms with Crippen LogP contribution in [-0.4, -0.2) is 50.5 Å². The summed E-state index contributed by atoms with van der Waals surface area (Å²) in [5.74, 6) is -0.775. The van der Waals surface area contributed by atoms with Crippen molar-refractivity contribution in [3.8, 4) is 0 Å². The van der Waals surface area contributed by atoms with E-state index in [-0.39, 0.29) is 18.9 Å². The van der Waals surface area contributed by atoms with E-state index in [0.29, 0.717) is 17.3 Å². The molecular formula is C30H36ClN3O4S. The van der Waals surface area contributed by atoms with Crippen molar-refractivity contribution >= 4 is 39.1 Å². The van der Waals surface area contributed by atoms with E-state index in [1.807, 2.05) is 63.2 Å². The molecule has 0 aromatic heterocycles. The molecule has 0 fully saturated rings. The Morgan fingerprint density at radius 2 is 1.62 bits per heavy atom. The van der Waals surface area contributed by atoms with E-state index >= 15 is 0 Å². The number of halogens is 1. The molecule has 0 aliphatic carbocycles. The van der Waals surface area contributed by atoms with E-state index in [4.69, 9.17) is 11.6 Å². The number of aryl methyl sites for hydroxylation is 2. The second-order valence-electron chi connectivity index (χ2n) is 9.70. The number of hydrogen-bond acceptors (Lipinski definition) is 4. The Morgan fingerprint density at radius 1 is 0.949 bits per heavy atom. The summed E-state index contributed by atoms with van der Waals surface area (Å²) < 4.78 is 27.0. The summed E-state index contributed by atoms with van der Waals surface area (Å²) in [4.78, 5) is 29.0. The van der Waals surface area contributed by atoms with Crippen LogP contribution in [0.4, 0.5) is 5.69 Å². The zero-order chi connectivity index (χ0) is 28.6. The number of hydrogen-bond donors (Lipinski definition) is 1. The van der Waals surface area contributed by atoms with E-state index in [9.17, 15) is 18.0 Å². The fraction of sp³-hybridized carbons (Fsp3) is 0.333. The van der Waals surface area contributed by atoms with Crippen LogP contribution >= 0.6 is 11.6 Å². The Labute approximate surface area is 236 Å². The zero-order valence-corrected chi connectivity index (χ0v) is 24.4. The van der Waals surface area contributed by atoms with Crippen LogP contribution in [0.2, 0.25) is 5.02 Å². The lowest BCUT2D eigenvalue weighted by molar-refractivity contribution is -0.140. The first kappa shape index (κ1) is 30.2. The SMILES string of the molecule is CCCNC(=O)C(Cc1ccccc1)N(Cc1ccc(Cl)cc1)C(=O)CN(c1ccc(C)cc1C)S(C)(=O)=O. The molecule has 0 spiro atoms. The van der Waals surface area contributed by atoms with Gasteiger partial charge in [0.15, 0.2) is 0 Å². The molecule has 3 aromatic rings. The van der Waals surface area contributed by atoms with Gasteiger partial charge in [-0.3, -0.25) is 13.9 Å². The third-order valence-electron chi connectivity index (χ3n) is 6.39. The van der Waals surface area contributed by atoms with Crippen LogP contribution in [0.1, 0.15) is 35.6 Å². The molecule has 3 rings (SSSR count). The molecule has 0 radical (unpaired) electrons. The first-order chi connectivity index (χ1) is 18.5. The molecule has 0 bridgehead atoms. The Balaban J connectivity index is 2.05. The largest absolute Gasteiger partial charge is 0.354 e. The van der Waals surface area contributed by atoms with Gasteiger partial charge in [0.1, 0.15) is 12.6 Å². The maximum absolute atomic E-state index is 14.0. The molecule has 1 N–H and O–H groups in total. The molecule has 2 amide bonds. The lowest BCUT2D eigenvalue weighted by Gasteiger charge is -2.34. The summed E-state index contributed by atoms with van der Waals surface area (Å²) in [6, 6.07) is 21.0. The molecule has 208 valence electrons. The molecule has 7 nitrogen and oxygen atoms in total. The van der Waals surface area contributed by atoms with Crippen molar-refractivity contribution in [2.24, 2.45) is 0 Å². The molecular weight excluding hydrogens is 534 g/mol. The van der Waals surface area contributed by atoms with Gasteiger partial charge in [-0.25, -0.2) is 8.42 Å². The topological polar surface area (TPSA) is 86.8 Å². The molecule has 0 aliphatic rings. The monoisotopic (exact) mass is 569 g/mol. The van der Waals surface area contributed by atoms with Crippen molar-refractivity contribution in [2.75, 3.05) is 23.7 Å². The quantitative estimate of drug-likeness (QED) is 0.336. The molecule has 1 atom stereocenters.